The lowest BCUT2D eigenvalue weighted by molar-refractivity contribution is -0.154. The summed E-state index contributed by atoms with van der Waals surface area (Å²) in [5.74, 6) is -2.47. The van der Waals surface area contributed by atoms with Crippen molar-refractivity contribution in [2.75, 3.05) is 26.3 Å². The van der Waals surface area contributed by atoms with Gasteiger partial charge < -0.3 is 24.4 Å². The first kappa shape index (κ1) is 25.9. The molecule has 1 aromatic rings. The molecule has 3 saturated heterocycles. The molecule has 3 heterocycles. The van der Waals surface area contributed by atoms with Crippen molar-refractivity contribution in [1.29, 1.82) is 0 Å². The zero-order chi connectivity index (χ0) is 25.2. The van der Waals surface area contributed by atoms with Crippen LogP contribution in [0.5, 0.6) is 0 Å². The second-order valence-electron chi connectivity index (χ2n) is 9.37. The van der Waals surface area contributed by atoms with E-state index in [9.17, 15) is 19.5 Å². The zero-order valence-corrected chi connectivity index (χ0v) is 21.6. The number of amides is 2. The molecule has 1 aromatic carbocycles. The molecule has 1 spiro atoms. The maximum absolute atomic E-state index is 14.2. The number of fused-ring (bicyclic) bond motifs is 1. The fraction of sp³-hybridized carbons (Fsp3) is 0.577. The SMILES string of the molecule is C=CCN(Cc1ccccc1)C(=O)C1N(CCCCO)C(=O)[C@@H]2[C@H](C(=O)OCC)[C@H]3OC12CC3Br. The van der Waals surface area contributed by atoms with Gasteiger partial charge in [0.1, 0.15) is 11.6 Å². The first-order valence-electron chi connectivity index (χ1n) is 12.2. The molecule has 6 atom stereocenters. The first-order valence-corrected chi connectivity index (χ1v) is 13.1. The average Bonchev–Trinajstić information content (AvgIpc) is 3.43. The number of nitrogens with zero attached hydrogens (tertiary/aromatic N) is 2. The molecule has 190 valence electrons. The van der Waals surface area contributed by atoms with Crippen LogP contribution in [0.1, 0.15) is 31.7 Å². The molecule has 3 aliphatic rings. The van der Waals surface area contributed by atoms with E-state index >= 15 is 0 Å². The molecular weight excluding hydrogens is 516 g/mol. The molecule has 8 nitrogen and oxygen atoms in total. The van der Waals surface area contributed by atoms with Crippen LogP contribution in [0.15, 0.2) is 43.0 Å². The molecule has 3 unspecified atom stereocenters. The smallest absolute Gasteiger partial charge is 0.312 e. The van der Waals surface area contributed by atoms with Crippen LogP contribution in [0.25, 0.3) is 0 Å². The molecule has 4 rings (SSSR count). The van der Waals surface area contributed by atoms with Gasteiger partial charge in [-0.25, -0.2) is 0 Å². The Hall–Kier alpha value is -2.23. The van der Waals surface area contributed by atoms with Gasteiger partial charge in [0.15, 0.2) is 0 Å². The van der Waals surface area contributed by atoms with E-state index in [0.717, 1.165) is 5.56 Å². The summed E-state index contributed by atoms with van der Waals surface area (Å²) in [6.07, 6.45) is 2.64. The largest absolute Gasteiger partial charge is 0.466 e. The van der Waals surface area contributed by atoms with Crippen molar-refractivity contribution >= 4 is 33.7 Å². The van der Waals surface area contributed by atoms with Crippen molar-refractivity contribution in [2.24, 2.45) is 11.8 Å². The number of aliphatic hydroxyl groups excluding tert-OH is 1. The van der Waals surface area contributed by atoms with Gasteiger partial charge in [0.2, 0.25) is 11.8 Å². The van der Waals surface area contributed by atoms with Gasteiger partial charge in [-0.2, -0.15) is 0 Å². The van der Waals surface area contributed by atoms with Gasteiger partial charge >= 0.3 is 5.97 Å². The Morgan fingerprint density at radius 3 is 2.74 bits per heavy atom. The zero-order valence-electron chi connectivity index (χ0n) is 20.0. The van der Waals surface area contributed by atoms with Gasteiger partial charge in [-0.3, -0.25) is 14.4 Å². The fourth-order valence-electron chi connectivity index (χ4n) is 5.92. The highest BCUT2D eigenvalue weighted by atomic mass is 79.9. The van der Waals surface area contributed by atoms with Crippen molar-refractivity contribution in [1.82, 2.24) is 9.80 Å². The number of alkyl halides is 1. The minimum Gasteiger partial charge on any atom is -0.466 e. The number of ether oxygens (including phenoxy) is 2. The lowest BCUT2D eigenvalue weighted by Crippen LogP contribution is -2.56. The second kappa shape index (κ2) is 10.8. The van der Waals surface area contributed by atoms with Crippen LogP contribution in [0.4, 0.5) is 0 Å². The Morgan fingerprint density at radius 2 is 2.09 bits per heavy atom. The molecule has 1 N–H and O–H groups in total. The predicted molar refractivity (Wildman–Crippen MR) is 132 cm³/mol. The fourth-order valence-corrected chi connectivity index (χ4v) is 6.86. The highest BCUT2D eigenvalue weighted by Crippen LogP contribution is 2.60. The van der Waals surface area contributed by atoms with Crippen molar-refractivity contribution in [3.8, 4) is 0 Å². The van der Waals surface area contributed by atoms with Crippen LogP contribution in [-0.4, -0.2) is 81.6 Å². The Morgan fingerprint density at radius 1 is 1.34 bits per heavy atom. The summed E-state index contributed by atoms with van der Waals surface area (Å²) in [5.41, 5.74) is -0.146. The van der Waals surface area contributed by atoms with Gasteiger partial charge in [0, 0.05) is 31.1 Å². The van der Waals surface area contributed by atoms with Gasteiger partial charge in [0.05, 0.1) is 24.5 Å². The number of benzene rings is 1. The quantitative estimate of drug-likeness (QED) is 0.197. The maximum Gasteiger partial charge on any atom is 0.312 e. The number of esters is 1. The van der Waals surface area contributed by atoms with Gasteiger partial charge in [-0.1, -0.05) is 52.3 Å². The van der Waals surface area contributed by atoms with Crippen molar-refractivity contribution in [3.05, 3.63) is 48.6 Å². The van der Waals surface area contributed by atoms with E-state index < -0.39 is 35.6 Å². The first-order chi connectivity index (χ1) is 16.9. The minimum absolute atomic E-state index is 0.000684. The van der Waals surface area contributed by atoms with E-state index in [4.69, 9.17) is 9.47 Å². The Kier molecular flexibility index (Phi) is 7.98. The van der Waals surface area contributed by atoms with Crippen LogP contribution < -0.4 is 0 Å². The van der Waals surface area contributed by atoms with Crippen LogP contribution in [-0.2, 0) is 30.4 Å². The third-order valence-corrected chi connectivity index (χ3v) is 8.11. The number of aliphatic hydroxyl groups is 1. The summed E-state index contributed by atoms with van der Waals surface area (Å²) in [5, 5.41) is 9.30. The number of hydrogen-bond acceptors (Lipinski definition) is 6. The highest BCUT2D eigenvalue weighted by Gasteiger charge is 2.77. The van der Waals surface area contributed by atoms with Crippen molar-refractivity contribution < 1.29 is 29.0 Å². The van der Waals surface area contributed by atoms with E-state index in [1.54, 1.807) is 22.8 Å². The third kappa shape index (κ3) is 4.54. The summed E-state index contributed by atoms with van der Waals surface area (Å²) >= 11 is 3.65. The predicted octanol–water partition coefficient (Wildman–Crippen LogP) is 2.28. The lowest BCUT2D eigenvalue weighted by atomic mass is 9.70. The molecule has 9 heteroatoms. The Bertz CT molecular complexity index is 958. The van der Waals surface area contributed by atoms with Gasteiger partial charge in [0.25, 0.3) is 0 Å². The molecule has 0 saturated carbocycles. The molecular formula is C26H33BrN2O6. The van der Waals surface area contributed by atoms with Crippen LogP contribution in [0.3, 0.4) is 0 Å². The Labute approximate surface area is 214 Å². The van der Waals surface area contributed by atoms with E-state index in [-0.39, 0.29) is 29.9 Å². The molecule has 35 heavy (non-hydrogen) atoms. The molecule has 0 radical (unpaired) electrons. The number of hydrogen-bond donors (Lipinski definition) is 1. The molecule has 3 fully saturated rings. The number of halogens is 1. The normalized spacial score (nSPS) is 30.9. The summed E-state index contributed by atoms with van der Waals surface area (Å²) in [6, 6.07) is 8.79. The van der Waals surface area contributed by atoms with Crippen LogP contribution >= 0.6 is 15.9 Å². The monoisotopic (exact) mass is 548 g/mol. The molecule has 2 amide bonds. The Balaban J connectivity index is 1.72. The molecule has 0 aromatic heterocycles. The lowest BCUT2D eigenvalue weighted by Gasteiger charge is -2.37. The van der Waals surface area contributed by atoms with Crippen molar-refractivity contribution in [2.45, 2.75) is 55.3 Å². The summed E-state index contributed by atoms with van der Waals surface area (Å²) in [6.45, 7) is 6.74. The van der Waals surface area contributed by atoms with Crippen LogP contribution in [0, 0.1) is 11.8 Å². The molecule has 0 aliphatic carbocycles. The minimum atomic E-state index is -1.11. The van der Waals surface area contributed by atoms with E-state index in [2.05, 4.69) is 22.5 Å². The van der Waals surface area contributed by atoms with Gasteiger partial charge in [-0.05, 0) is 31.7 Å². The topological polar surface area (TPSA) is 96.4 Å². The van der Waals surface area contributed by atoms with Crippen LogP contribution in [0.2, 0.25) is 0 Å². The number of carbonyl (C=O) groups is 3. The second-order valence-corrected chi connectivity index (χ2v) is 10.5. The van der Waals surface area contributed by atoms with E-state index in [1.165, 1.54) is 0 Å². The third-order valence-electron chi connectivity index (χ3n) is 7.27. The van der Waals surface area contributed by atoms with E-state index in [1.807, 2.05) is 30.3 Å². The molecule has 3 aliphatic heterocycles. The highest BCUT2D eigenvalue weighted by molar-refractivity contribution is 9.09. The number of rotatable bonds is 11. The number of carbonyl (C=O) groups excluding carboxylic acids is 3. The van der Waals surface area contributed by atoms with Crippen molar-refractivity contribution in [3.63, 3.8) is 0 Å². The standard InChI is InChI=1S/C26H33BrN2O6/c1-3-12-28(16-17-10-6-5-7-11-17)24(32)22-26-15-18(27)21(35-26)19(25(33)34-4-2)20(26)23(31)29(22)13-8-9-14-30/h3,5-7,10-11,18-22,30H,1,4,8-9,12-16H2,2H3/t18?,19-,20-,21-,22?,26?/m0/s1. The average molecular weight is 549 g/mol. The van der Waals surface area contributed by atoms with E-state index in [0.29, 0.717) is 38.9 Å². The molecule has 2 bridgehead atoms. The maximum atomic E-state index is 14.2. The van der Waals surface area contributed by atoms with Gasteiger partial charge in [-0.15, -0.1) is 6.58 Å². The summed E-state index contributed by atoms with van der Waals surface area (Å²) in [7, 11) is 0. The number of likely N-dealkylation sites (tertiary alicyclic amines) is 1. The number of unbranched alkanes of at least 4 members (excludes halogenated alkanes) is 1. The summed E-state index contributed by atoms with van der Waals surface area (Å²) < 4.78 is 11.8. The summed E-state index contributed by atoms with van der Waals surface area (Å²) in [4.78, 5) is 44.1.